The van der Waals surface area contributed by atoms with Crippen LogP contribution in [0.5, 0.6) is 0 Å². The fourth-order valence-corrected chi connectivity index (χ4v) is 9.02. The first-order valence-electron chi connectivity index (χ1n) is 17.7. The van der Waals surface area contributed by atoms with Gasteiger partial charge in [-0.2, -0.15) is 0 Å². The van der Waals surface area contributed by atoms with Crippen LogP contribution < -0.4 is 0 Å². The number of carbonyl (C=O) groups excluding carboxylic acids is 1. The second-order valence-corrected chi connectivity index (χ2v) is 13.7. The second kappa shape index (κ2) is 15.1. The van der Waals surface area contributed by atoms with Crippen molar-refractivity contribution >= 4 is 5.97 Å². The summed E-state index contributed by atoms with van der Waals surface area (Å²) in [5.74, 6) is 0.0304. The van der Waals surface area contributed by atoms with Crippen LogP contribution in [0.3, 0.4) is 0 Å². The molecule has 2 nitrogen and oxygen atoms in total. The lowest BCUT2D eigenvalue weighted by Crippen LogP contribution is -2.27. The molecule has 0 aromatic heterocycles. The predicted molar refractivity (Wildman–Crippen MR) is 164 cm³/mol. The van der Waals surface area contributed by atoms with E-state index in [4.69, 9.17) is 4.74 Å². The molecule has 1 aliphatic heterocycles. The van der Waals surface area contributed by atoms with E-state index in [0.29, 0.717) is 6.61 Å². The molecule has 4 aliphatic carbocycles. The van der Waals surface area contributed by atoms with Gasteiger partial charge in [-0.1, -0.05) is 120 Å². The Bertz CT molecular complexity index is 882. The molecule has 39 heavy (non-hydrogen) atoms. The highest BCUT2D eigenvalue weighted by molar-refractivity contribution is 5.99. The van der Waals surface area contributed by atoms with Crippen LogP contribution in [0.15, 0.2) is 33.4 Å². The Morgan fingerprint density at radius 3 is 1.28 bits per heavy atom. The minimum atomic E-state index is 0.0304. The van der Waals surface area contributed by atoms with Gasteiger partial charge in [-0.15, -0.1) is 0 Å². The number of esters is 1. The third-order valence-electron chi connectivity index (χ3n) is 10.9. The molecule has 0 aromatic carbocycles. The highest BCUT2D eigenvalue weighted by Crippen LogP contribution is 2.62. The number of hydrogen-bond acceptors (Lipinski definition) is 2. The molecule has 0 aromatic rings. The van der Waals surface area contributed by atoms with Crippen molar-refractivity contribution in [3.8, 4) is 0 Å². The highest BCUT2D eigenvalue weighted by Gasteiger charge is 2.51. The number of allylic oxidation sites excluding steroid dienone is 3. The van der Waals surface area contributed by atoms with Crippen LogP contribution in [0.4, 0.5) is 0 Å². The molecule has 0 atom stereocenters. The van der Waals surface area contributed by atoms with E-state index in [1.165, 1.54) is 179 Å². The Balaban J connectivity index is 1.68. The van der Waals surface area contributed by atoms with Crippen LogP contribution >= 0.6 is 0 Å². The molecule has 218 valence electrons. The van der Waals surface area contributed by atoms with Crippen molar-refractivity contribution in [1.82, 2.24) is 0 Å². The first kappa shape index (κ1) is 29.2. The van der Waals surface area contributed by atoms with Gasteiger partial charge in [-0.25, -0.2) is 4.79 Å². The number of cyclic esters (lactones) is 1. The first-order chi connectivity index (χ1) is 19.3. The molecule has 0 unspecified atom stereocenters. The van der Waals surface area contributed by atoms with Gasteiger partial charge in [0.2, 0.25) is 0 Å². The molecule has 2 heteroatoms. The molecule has 1 heterocycles. The molecular formula is C37H58O2. The molecule has 0 bridgehead atoms. The highest BCUT2D eigenvalue weighted by atomic mass is 16.5. The molecule has 0 amide bonds. The number of ether oxygens (including phenoxy) is 1. The summed E-state index contributed by atoms with van der Waals surface area (Å²) >= 11 is 0. The van der Waals surface area contributed by atoms with Crippen LogP contribution in [0.2, 0.25) is 0 Å². The van der Waals surface area contributed by atoms with Gasteiger partial charge in [0.05, 0.1) is 12.2 Å². The fraction of sp³-hybridized carbons (Fsp3) is 0.811. The van der Waals surface area contributed by atoms with Crippen LogP contribution in [0.25, 0.3) is 0 Å². The molecule has 0 N–H and O–H groups in total. The Kier molecular flexibility index (Phi) is 11.3. The average molecular weight is 535 g/mol. The van der Waals surface area contributed by atoms with Crippen molar-refractivity contribution < 1.29 is 9.53 Å². The Morgan fingerprint density at radius 1 is 0.436 bits per heavy atom. The first-order valence-corrected chi connectivity index (χ1v) is 17.7. The second-order valence-electron chi connectivity index (χ2n) is 13.7. The number of carbonyl (C=O) groups is 1. The summed E-state index contributed by atoms with van der Waals surface area (Å²) in [5, 5.41) is 0. The summed E-state index contributed by atoms with van der Waals surface area (Å²) < 4.78 is 5.91. The van der Waals surface area contributed by atoms with Crippen molar-refractivity contribution in [1.29, 1.82) is 0 Å². The summed E-state index contributed by atoms with van der Waals surface area (Å²) in [5.41, 5.74) is 9.35. The van der Waals surface area contributed by atoms with Crippen molar-refractivity contribution in [2.45, 2.75) is 180 Å². The fourth-order valence-electron chi connectivity index (χ4n) is 9.02. The summed E-state index contributed by atoms with van der Waals surface area (Å²) in [6.45, 7) is 0.590. The van der Waals surface area contributed by atoms with Gasteiger partial charge in [0.1, 0.15) is 0 Å². The van der Waals surface area contributed by atoms with Gasteiger partial charge in [0.25, 0.3) is 0 Å². The Labute approximate surface area is 240 Å². The number of hydrogen-bond donors (Lipinski definition) is 0. The van der Waals surface area contributed by atoms with Gasteiger partial charge >= 0.3 is 5.97 Å². The topological polar surface area (TPSA) is 26.3 Å². The van der Waals surface area contributed by atoms with Gasteiger partial charge in [0.15, 0.2) is 0 Å². The SMILES string of the molecule is O=C1OCCC2=C1C(=C1CCCCCCCCC1)C1(CCCCCCCCC1)C2=C1CCCCCCCCC1. The third-order valence-corrected chi connectivity index (χ3v) is 10.9. The third kappa shape index (κ3) is 7.13. The largest absolute Gasteiger partial charge is 0.462 e. The lowest BCUT2D eigenvalue weighted by Gasteiger charge is -2.39. The van der Waals surface area contributed by atoms with Crippen molar-refractivity contribution in [3.05, 3.63) is 33.4 Å². The molecule has 5 aliphatic rings. The zero-order valence-corrected chi connectivity index (χ0v) is 25.3. The van der Waals surface area contributed by atoms with E-state index in [1.807, 2.05) is 0 Å². The zero-order chi connectivity index (χ0) is 26.8. The van der Waals surface area contributed by atoms with E-state index >= 15 is 0 Å². The van der Waals surface area contributed by atoms with E-state index in [1.54, 1.807) is 22.3 Å². The van der Waals surface area contributed by atoms with Gasteiger partial charge in [-0.3, -0.25) is 0 Å². The molecular weight excluding hydrogens is 476 g/mol. The standard InChI is InChI=1S/C37H58O2/c38-36-33-32(26-29-39-36)34(30-22-16-10-4-1-5-11-17-23-30)37(27-20-14-8-3-9-15-21-28-37)35(33)31-24-18-12-6-2-7-13-19-25-31/h1-29H2. The maximum Gasteiger partial charge on any atom is 0.338 e. The van der Waals surface area contributed by atoms with E-state index in [2.05, 4.69) is 0 Å². The quantitative estimate of drug-likeness (QED) is 0.289. The van der Waals surface area contributed by atoms with Gasteiger partial charge in [0, 0.05) is 11.8 Å². The lowest BCUT2D eigenvalue weighted by molar-refractivity contribution is -0.139. The van der Waals surface area contributed by atoms with Gasteiger partial charge < -0.3 is 4.74 Å². The van der Waals surface area contributed by atoms with E-state index in [9.17, 15) is 4.79 Å². The van der Waals surface area contributed by atoms with Crippen LogP contribution in [0, 0.1) is 5.41 Å². The number of rotatable bonds is 0. The Hall–Kier alpha value is -1.31. The molecule has 3 saturated carbocycles. The zero-order valence-electron chi connectivity index (χ0n) is 25.3. The van der Waals surface area contributed by atoms with Crippen molar-refractivity contribution in [2.75, 3.05) is 6.61 Å². The molecule has 0 radical (unpaired) electrons. The van der Waals surface area contributed by atoms with Crippen LogP contribution in [-0.2, 0) is 9.53 Å². The molecule has 0 saturated heterocycles. The molecule has 3 fully saturated rings. The lowest BCUT2D eigenvalue weighted by atomic mass is 9.64. The van der Waals surface area contributed by atoms with Gasteiger partial charge in [-0.05, 0) is 80.9 Å². The predicted octanol–water partition coefficient (Wildman–Crippen LogP) is 11.4. The molecule has 5 rings (SSSR count). The van der Waals surface area contributed by atoms with E-state index in [0.717, 1.165) is 12.0 Å². The maximum absolute atomic E-state index is 13.8. The van der Waals surface area contributed by atoms with Crippen LogP contribution in [0.1, 0.15) is 180 Å². The summed E-state index contributed by atoms with van der Waals surface area (Å²) in [4.78, 5) is 13.8. The van der Waals surface area contributed by atoms with Crippen LogP contribution in [-0.4, -0.2) is 12.6 Å². The van der Waals surface area contributed by atoms with Crippen molar-refractivity contribution in [3.63, 3.8) is 0 Å². The summed E-state index contributed by atoms with van der Waals surface area (Å²) in [7, 11) is 0. The molecule has 1 spiro atoms. The summed E-state index contributed by atoms with van der Waals surface area (Å²) in [6.07, 6.45) is 37.2. The van der Waals surface area contributed by atoms with Crippen molar-refractivity contribution in [2.24, 2.45) is 5.41 Å². The minimum absolute atomic E-state index is 0.0304. The Morgan fingerprint density at radius 2 is 0.821 bits per heavy atom. The van der Waals surface area contributed by atoms with E-state index in [-0.39, 0.29) is 11.4 Å². The normalized spacial score (nSPS) is 27.2. The average Bonchev–Trinajstić information content (AvgIpc) is 3.24. The summed E-state index contributed by atoms with van der Waals surface area (Å²) in [6, 6.07) is 0. The monoisotopic (exact) mass is 534 g/mol. The smallest absolute Gasteiger partial charge is 0.338 e. The minimum Gasteiger partial charge on any atom is -0.462 e. The van der Waals surface area contributed by atoms with E-state index < -0.39 is 0 Å². The maximum atomic E-state index is 13.8.